The molecular formula is C16H34O9P2-2. The van der Waals surface area contributed by atoms with Crippen molar-refractivity contribution in [3.63, 3.8) is 0 Å². The Hall–Kier alpha value is 0.180. The summed E-state index contributed by atoms with van der Waals surface area (Å²) >= 11 is 0. The van der Waals surface area contributed by atoms with Crippen molar-refractivity contribution in [3.8, 4) is 0 Å². The van der Waals surface area contributed by atoms with Crippen LogP contribution in [0.3, 0.4) is 0 Å². The minimum Gasteiger partial charge on any atom is -0.756 e. The van der Waals surface area contributed by atoms with E-state index in [1.54, 1.807) is 0 Å². The van der Waals surface area contributed by atoms with Gasteiger partial charge in [0.2, 0.25) is 0 Å². The van der Waals surface area contributed by atoms with Crippen LogP contribution >= 0.6 is 15.6 Å². The van der Waals surface area contributed by atoms with Gasteiger partial charge in [-0.3, -0.25) is 9.13 Å². The van der Waals surface area contributed by atoms with Gasteiger partial charge < -0.3 is 33.4 Å². The maximum Gasteiger partial charge on any atom is 0.265 e. The lowest BCUT2D eigenvalue weighted by Gasteiger charge is -2.27. The third-order valence-electron chi connectivity index (χ3n) is 4.02. The van der Waals surface area contributed by atoms with E-state index in [1.807, 2.05) is 27.7 Å². The van der Waals surface area contributed by atoms with Gasteiger partial charge in [0, 0.05) is 13.2 Å². The van der Waals surface area contributed by atoms with Crippen molar-refractivity contribution >= 4 is 15.6 Å². The van der Waals surface area contributed by atoms with Crippen LogP contribution in [0.4, 0.5) is 0 Å². The first-order chi connectivity index (χ1) is 12.1. The average Bonchev–Trinajstić information content (AvgIpc) is 2.48. The summed E-state index contributed by atoms with van der Waals surface area (Å²) in [7, 11) is -9.34. The second-order valence-corrected chi connectivity index (χ2v) is 10.7. The predicted molar refractivity (Wildman–Crippen MR) is 97.6 cm³/mol. The van der Waals surface area contributed by atoms with Crippen molar-refractivity contribution in [3.05, 3.63) is 0 Å². The van der Waals surface area contributed by atoms with E-state index in [-0.39, 0.29) is 24.0 Å². The van der Waals surface area contributed by atoms with Gasteiger partial charge >= 0.3 is 0 Å². The fourth-order valence-electron chi connectivity index (χ4n) is 2.37. The molecule has 2 unspecified atom stereocenters. The summed E-state index contributed by atoms with van der Waals surface area (Å²) in [5.74, 6) is 0. The Labute approximate surface area is 162 Å². The zero-order valence-electron chi connectivity index (χ0n) is 16.7. The van der Waals surface area contributed by atoms with E-state index in [0.717, 1.165) is 38.5 Å². The first-order valence-corrected chi connectivity index (χ1v) is 12.1. The van der Waals surface area contributed by atoms with Crippen LogP contribution in [0, 0.1) is 10.8 Å². The lowest BCUT2D eigenvalue weighted by molar-refractivity contribution is -0.223. The molecule has 0 saturated carbocycles. The summed E-state index contributed by atoms with van der Waals surface area (Å²) in [4.78, 5) is 38.5. The number of phosphoric ester groups is 2. The smallest absolute Gasteiger partial charge is 0.265 e. The summed E-state index contributed by atoms with van der Waals surface area (Å²) in [6, 6.07) is 0. The highest BCUT2D eigenvalue weighted by Gasteiger charge is 2.21. The molecule has 0 rings (SSSR count). The van der Waals surface area contributed by atoms with Gasteiger partial charge in [-0.2, -0.15) is 0 Å². The molecule has 2 atom stereocenters. The summed E-state index contributed by atoms with van der Waals surface area (Å²) in [6.07, 6.45) is 4.88. The van der Waals surface area contributed by atoms with Gasteiger partial charge in [0.05, 0.1) is 13.2 Å². The molecule has 0 aromatic rings. The van der Waals surface area contributed by atoms with Crippen LogP contribution in [0.5, 0.6) is 0 Å². The standard InChI is InChI=1S/C16H36O9P2/c1-15(2,13-24-26(17,18)19)9-5-7-11-23-12-8-6-10-16(3,4)14-25-27(20,21)22/h5-14H2,1-4H3,(H2,17,18,19)(H2,20,21,22)/p-2. The van der Waals surface area contributed by atoms with Gasteiger partial charge in [0.15, 0.2) is 0 Å². The van der Waals surface area contributed by atoms with Gasteiger partial charge in [-0.15, -0.1) is 0 Å². The lowest BCUT2D eigenvalue weighted by atomic mass is 9.88. The van der Waals surface area contributed by atoms with Crippen LogP contribution in [0.1, 0.15) is 66.2 Å². The topological polar surface area (TPSA) is 148 Å². The van der Waals surface area contributed by atoms with Crippen LogP contribution in [0.15, 0.2) is 0 Å². The summed E-state index contributed by atoms with van der Waals surface area (Å²) in [5.41, 5.74) is -0.696. The molecule has 0 aliphatic carbocycles. The van der Waals surface area contributed by atoms with Crippen LogP contribution < -0.4 is 9.79 Å². The highest BCUT2D eigenvalue weighted by atomic mass is 31.2. The molecule has 0 radical (unpaired) electrons. The molecule has 164 valence electrons. The summed E-state index contributed by atoms with van der Waals surface area (Å²) < 4.78 is 35.7. The van der Waals surface area contributed by atoms with Gasteiger partial charge in [0.1, 0.15) is 0 Å². The maximum absolute atomic E-state index is 10.6. The Morgan fingerprint density at radius 1 is 0.741 bits per heavy atom. The number of hydrogen-bond donors (Lipinski definition) is 2. The quantitative estimate of drug-likeness (QED) is 0.277. The Kier molecular flexibility index (Phi) is 12.1. The van der Waals surface area contributed by atoms with Crippen molar-refractivity contribution in [2.75, 3.05) is 26.4 Å². The predicted octanol–water partition coefficient (Wildman–Crippen LogP) is 2.35. The van der Waals surface area contributed by atoms with Crippen molar-refractivity contribution in [2.45, 2.75) is 66.2 Å². The Balaban J connectivity index is 3.67. The molecular weight excluding hydrogens is 398 g/mol. The normalized spacial score (nSPS) is 17.5. The fourth-order valence-corrected chi connectivity index (χ4v) is 3.40. The van der Waals surface area contributed by atoms with Gasteiger partial charge in [-0.1, -0.05) is 40.5 Å². The largest absolute Gasteiger partial charge is 0.756 e. The number of phosphoric acid groups is 2. The van der Waals surface area contributed by atoms with Crippen molar-refractivity contribution in [1.82, 2.24) is 0 Å². The zero-order chi connectivity index (χ0) is 21.2. The molecule has 0 amide bonds. The second kappa shape index (κ2) is 12.0. The van der Waals surface area contributed by atoms with E-state index >= 15 is 0 Å². The Morgan fingerprint density at radius 2 is 1.07 bits per heavy atom. The Bertz CT molecular complexity index is 452. The molecule has 0 aliphatic heterocycles. The van der Waals surface area contributed by atoms with E-state index in [9.17, 15) is 18.9 Å². The molecule has 0 saturated heterocycles. The van der Waals surface area contributed by atoms with E-state index in [2.05, 4.69) is 9.05 Å². The molecule has 0 aromatic carbocycles. The number of unbranched alkanes of at least 4 members (excludes halogenated alkanes) is 2. The van der Waals surface area contributed by atoms with Gasteiger partial charge in [-0.05, 0) is 36.5 Å². The van der Waals surface area contributed by atoms with E-state index < -0.39 is 15.6 Å². The highest BCUT2D eigenvalue weighted by molar-refractivity contribution is 7.45. The second-order valence-electron chi connectivity index (χ2n) is 8.34. The molecule has 27 heavy (non-hydrogen) atoms. The molecule has 11 heteroatoms. The molecule has 2 N–H and O–H groups in total. The third-order valence-corrected chi connectivity index (χ3v) is 4.93. The van der Waals surface area contributed by atoms with E-state index in [1.165, 1.54) is 0 Å². The van der Waals surface area contributed by atoms with Gasteiger partial charge in [0.25, 0.3) is 15.6 Å². The monoisotopic (exact) mass is 432 g/mol. The molecule has 0 heterocycles. The molecule has 0 spiro atoms. The molecule has 9 nitrogen and oxygen atoms in total. The highest BCUT2D eigenvalue weighted by Crippen LogP contribution is 2.36. The first-order valence-electron chi connectivity index (χ1n) is 9.06. The molecule has 0 bridgehead atoms. The minimum atomic E-state index is -4.67. The third kappa shape index (κ3) is 19.3. The SMILES string of the molecule is CC(C)(CCCCOCCCCC(C)(C)COP(=O)([O-])O)COP(=O)([O-])O. The van der Waals surface area contributed by atoms with E-state index in [4.69, 9.17) is 14.5 Å². The number of ether oxygens (including phenoxy) is 1. The van der Waals surface area contributed by atoms with Crippen LogP contribution in [0.2, 0.25) is 0 Å². The van der Waals surface area contributed by atoms with Gasteiger partial charge in [-0.25, -0.2) is 0 Å². The van der Waals surface area contributed by atoms with Crippen LogP contribution in [0.25, 0.3) is 0 Å². The molecule has 0 fully saturated rings. The summed E-state index contributed by atoms with van der Waals surface area (Å²) in [6.45, 7) is 8.59. The van der Waals surface area contributed by atoms with Crippen LogP contribution in [-0.2, 0) is 22.9 Å². The van der Waals surface area contributed by atoms with Crippen molar-refractivity contribution in [1.29, 1.82) is 0 Å². The Morgan fingerprint density at radius 3 is 1.37 bits per heavy atom. The average molecular weight is 432 g/mol. The zero-order valence-corrected chi connectivity index (χ0v) is 18.5. The number of hydrogen-bond acceptors (Lipinski definition) is 7. The molecule has 0 aliphatic rings. The van der Waals surface area contributed by atoms with Crippen LogP contribution in [-0.4, -0.2) is 36.2 Å². The van der Waals surface area contributed by atoms with Crippen molar-refractivity contribution < 1.29 is 42.5 Å². The molecule has 0 aromatic heterocycles. The minimum absolute atomic E-state index is 0.0529. The summed E-state index contributed by atoms with van der Waals surface area (Å²) in [5, 5.41) is 0. The lowest BCUT2D eigenvalue weighted by Crippen LogP contribution is -2.21. The van der Waals surface area contributed by atoms with Crippen molar-refractivity contribution in [2.24, 2.45) is 10.8 Å². The first kappa shape index (κ1) is 27.2. The fraction of sp³-hybridized carbons (Fsp3) is 1.00. The maximum atomic E-state index is 10.6. The van der Waals surface area contributed by atoms with E-state index in [0.29, 0.717) is 13.2 Å². The number of rotatable bonds is 16.